The fourth-order valence-corrected chi connectivity index (χ4v) is 2.12. The van der Waals surface area contributed by atoms with Crippen LogP contribution >= 0.6 is 15.9 Å². The van der Waals surface area contributed by atoms with E-state index in [1.807, 2.05) is 32.9 Å². The van der Waals surface area contributed by atoms with E-state index in [4.69, 9.17) is 4.42 Å². The lowest BCUT2D eigenvalue weighted by Gasteiger charge is -2.11. The van der Waals surface area contributed by atoms with Crippen molar-refractivity contribution in [1.82, 2.24) is 9.78 Å². The first-order valence-corrected chi connectivity index (χ1v) is 6.85. The van der Waals surface area contributed by atoms with Crippen molar-refractivity contribution in [3.63, 3.8) is 0 Å². The van der Waals surface area contributed by atoms with Gasteiger partial charge in [0, 0.05) is 0 Å². The van der Waals surface area contributed by atoms with E-state index in [9.17, 15) is 4.79 Å². The van der Waals surface area contributed by atoms with Crippen LogP contribution in [0.25, 0.3) is 0 Å². The number of nitrogens with zero attached hydrogens (tertiary/aromatic N) is 2. The largest absolute Gasteiger partial charge is 0.465 e. The molecule has 2 heterocycles. The minimum atomic E-state index is -0.143. The van der Waals surface area contributed by atoms with Crippen molar-refractivity contribution >= 4 is 21.6 Å². The highest BCUT2D eigenvalue weighted by molar-refractivity contribution is 9.10. The van der Waals surface area contributed by atoms with Crippen LogP contribution in [0.15, 0.2) is 32.0 Å². The highest BCUT2D eigenvalue weighted by Gasteiger charge is 2.11. The standard InChI is InChI=1S/C13H16BrN3O2/c1-8(2)17-13(18)12(14)11(7-16-17)15-6-10-5-4-9(3)19-10/h4-5,7-8,15H,6H2,1-3H3. The van der Waals surface area contributed by atoms with Crippen LogP contribution in [-0.2, 0) is 6.54 Å². The number of aryl methyl sites for hydroxylation is 1. The summed E-state index contributed by atoms with van der Waals surface area (Å²) in [6.45, 7) is 6.24. The molecule has 0 amide bonds. The van der Waals surface area contributed by atoms with Crippen LogP contribution in [0, 0.1) is 6.92 Å². The molecule has 0 saturated carbocycles. The Morgan fingerprint density at radius 3 is 2.79 bits per heavy atom. The van der Waals surface area contributed by atoms with Crippen LogP contribution in [0.3, 0.4) is 0 Å². The number of furan rings is 1. The summed E-state index contributed by atoms with van der Waals surface area (Å²) in [6.07, 6.45) is 1.64. The van der Waals surface area contributed by atoms with Crippen molar-refractivity contribution in [2.24, 2.45) is 0 Å². The fraction of sp³-hybridized carbons (Fsp3) is 0.385. The van der Waals surface area contributed by atoms with Crippen molar-refractivity contribution in [3.8, 4) is 0 Å². The lowest BCUT2D eigenvalue weighted by molar-refractivity contribution is 0.489. The van der Waals surface area contributed by atoms with Crippen molar-refractivity contribution in [2.45, 2.75) is 33.4 Å². The Labute approximate surface area is 119 Å². The minimum absolute atomic E-state index is 0.0329. The Bertz CT molecular complexity index is 631. The van der Waals surface area contributed by atoms with Crippen molar-refractivity contribution in [1.29, 1.82) is 0 Å². The van der Waals surface area contributed by atoms with Crippen molar-refractivity contribution < 1.29 is 4.42 Å². The molecule has 0 radical (unpaired) electrons. The molecule has 19 heavy (non-hydrogen) atoms. The van der Waals surface area contributed by atoms with Gasteiger partial charge in [0.2, 0.25) is 0 Å². The molecule has 0 aliphatic carbocycles. The minimum Gasteiger partial charge on any atom is -0.465 e. The summed E-state index contributed by atoms with van der Waals surface area (Å²) in [5, 5.41) is 7.27. The quantitative estimate of drug-likeness (QED) is 0.938. The normalized spacial score (nSPS) is 11.0. The smallest absolute Gasteiger partial charge is 0.283 e. The van der Waals surface area contributed by atoms with Crippen LogP contribution in [-0.4, -0.2) is 9.78 Å². The van der Waals surface area contributed by atoms with Crippen molar-refractivity contribution in [3.05, 3.63) is 44.7 Å². The molecule has 0 bridgehead atoms. The summed E-state index contributed by atoms with van der Waals surface area (Å²) in [4.78, 5) is 12.0. The zero-order valence-electron chi connectivity index (χ0n) is 11.1. The zero-order valence-corrected chi connectivity index (χ0v) is 12.7. The van der Waals surface area contributed by atoms with Gasteiger partial charge in [0.25, 0.3) is 5.56 Å². The van der Waals surface area contributed by atoms with Gasteiger partial charge in [-0.3, -0.25) is 4.79 Å². The monoisotopic (exact) mass is 325 g/mol. The van der Waals surface area contributed by atoms with E-state index in [-0.39, 0.29) is 11.6 Å². The summed E-state index contributed by atoms with van der Waals surface area (Å²) in [7, 11) is 0. The summed E-state index contributed by atoms with van der Waals surface area (Å²) in [6, 6.07) is 3.84. The van der Waals surface area contributed by atoms with Gasteiger partial charge in [0.15, 0.2) is 0 Å². The molecule has 0 aliphatic heterocycles. The molecule has 2 aromatic rings. The predicted molar refractivity (Wildman–Crippen MR) is 77.4 cm³/mol. The lowest BCUT2D eigenvalue weighted by atomic mass is 10.3. The SMILES string of the molecule is Cc1ccc(CNc2cnn(C(C)C)c(=O)c2Br)o1. The van der Waals surface area contributed by atoms with Gasteiger partial charge >= 0.3 is 0 Å². The second-order valence-corrected chi connectivity index (χ2v) is 5.37. The Morgan fingerprint density at radius 1 is 1.47 bits per heavy atom. The van der Waals surface area contributed by atoms with Gasteiger partial charge in [-0.05, 0) is 48.8 Å². The van der Waals surface area contributed by atoms with Gasteiger partial charge in [0.1, 0.15) is 16.0 Å². The van der Waals surface area contributed by atoms with E-state index in [0.29, 0.717) is 16.7 Å². The van der Waals surface area contributed by atoms with Crippen LogP contribution in [0.4, 0.5) is 5.69 Å². The number of aromatic nitrogens is 2. The summed E-state index contributed by atoms with van der Waals surface area (Å²) in [5.74, 6) is 1.68. The molecule has 1 N–H and O–H groups in total. The van der Waals surface area contributed by atoms with Gasteiger partial charge in [-0.15, -0.1) is 0 Å². The molecule has 0 fully saturated rings. The maximum atomic E-state index is 12.0. The first-order chi connectivity index (χ1) is 8.99. The molecule has 0 atom stereocenters. The molecular formula is C13H16BrN3O2. The number of hydrogen-bond acceptors (Lipinski definition) is 4. The van der Waals surface area contributed by atoms with Crippen LogP contribution in [0.1, 0.15) is 31.4 Å². The average molecular weight is 326 g/mol. The van der Waals surface area contributed by atoms with E-state index in [1.54, 1.807) is 6.20 Å². The molecule has 2 aromatic heterocycles. The summed E-state index contributed by atoms with van der Waals surface area (Å²) >= 11 is 3.31. The molecule has 2 rings (SSSR count). The van der Waals surface area contributed by atoms with Gasteiger partial charge in [-0.25, -0.2) is 4.68 Å². The van der Waals surface area contributed by atoms with E-state index in [2.05, 4.69) is 26.3 Å². The van der Waals surface area contributed by atoms with Crippen molar-refractivity contribution in [2.75, 3.05) is 5.32 Å². The highest BCUT2D eigenvalue weighted by atomic mass is 79.9. The second kappa shape index (κ2) is 5.61. The topological polar surface area (TPSA) is 60.1 Å². The Balaban J connectivity index is 2.18. The van der Waals surface area contributed by atoms with Gasteiger partial charge in [0.05, 0.1) is 24.5 Å². The van der Waals surface area contributed by atoms with E-state index in [1.165, 1.54) is 4.68 Å². The average Bonchev–Trinajstić information content (AvgIpc) is 2.76. The van der Waals surface area contributed by atoms with Gasteiger partial charge in [-0.2, -0.15) is 5.10 Å². The van der Waals surface area contributed by atoms with Gasteiger partial charge < -0.3 is 9.73 Å². The maximum Gasteiger partial charge on any atom is 0.283 e. The van der Waals surface area contributed by atoms with Crippen LogP contribution < -0.4 is 10.9 Å². The summed E-state index contributed by atoms with van der Waals surface area (Å²) < 4.78 is 7.38. The molecule has 6 heteroatoms. The number of halogens is 1. The molecule has 0 saturated heterocycles. The zero-order chi connectivity index (χ0) is 14.0. The third-order valence-corrected chi connectivity index (χ3v) is 3.45. The number of hydrogen-bond donors (Lipinski definition) is 1. The van der Waals surface area contributed by atoms with E-state index >= 15 is 0 Å². The van der Waals surface area contributed by atoms with Crippen LogP contribution in [0.5, 0.6) is 0 Å². The molecule has 0 aliphatic rings. The van der Waals surface area contributed by atoms with E-state index < -0.39 is 0 Å². The Hall–Kier alpha value is -1.56. The number of nitrogens with one attached hydrogen (secondary N) is 1. The molecular weight excluding hydrogens is 310 g/mol. The van der Waals surface area contributed by atoms with Gasteiger partial charge in [-0.1, -0.05) is 0 Å². The van der Waals surface area contributed by atoms with E-state index in [0.717, 1.165) is 11.5 Å². The van der Waals surface area contributed by atoms with Crippen LogP contribution in [0.2, 0.25) is 0 Å². The third kappa shape index (κ3) is 3.07. The molecule has 0 spiro atoms. The lowest BCUT2D eigenvalue weighted by Crippen LogP contribution is -2.26. The first kappa shape index (κ1) is 13.9. The molecule has 5 nitrogen and oxygen atoms in total. The Morgan fingerprint density at radius 2 is 2.21 bits per heavy atom. The fourth-order valence-electron chi connectivity index (χ4n) is 1.70. The molecule has 0 aromatic carbocycles. The second-order valence-electron chi connectivity index (χ2n) is 4.58. The summed E-state index contributed by atoms with van der Waals surface area (Å²) in [5.41, 5.74) is 0.520. The number of anilines is 1. The first-order valence-electron chi connectivity index (χ1n) is 6.05. The maximum absolute atomic E-state index is 12.0. The molecule has 0 unspecified atom stereocenters. The Kier molecular flexibility index (Phi) is 4.09. The predicted octanol–water partition coefficient (Wildman–Crippen LogP) is 3.10. The molecule has 102 valence electrons. The third-order valence-electron chi connectivity index (χ3n) is 2.68. The number of rotatable bonds is 4. The highest BCUT2D eigenvalue weighted by Crippen LogP contribution is 2.18.